The molecule has 132 valence electrons. The molecule has 1 aromatic carbocycles. The van der Waals surface area contributed by atoms with Gasteiger partial charge in [0.25, 0.3) is 5.91 Å². The molecule has 0 radical (unpaired) electrons. The molecule has 25 heavy (non-hydrogen) atoms. The number of hydrogen-bond acceptors (Lipinski definition) is 3. The molecule has 0 aliphatic rings. The van der Waals surface area contributed by atoms with Crippen LogP contribution < -0.4 is 5.32 Å². The Morgan fingerprint density at radius 1 is 1.20 bits per heavy atom. The highest BCUT2D eigenvalue weighted by Crippen LogP contribution is 2.33. The molecule has 6 nitrogen and oxygen atoms in total. The summed E-state index contributed by atoms with van der Waals surface area (Å²) in [5, 5.41) is 13.4. The number of H-pyrrole nitrogens is 1. The Labute approximate surface area is 141 Å². The van der Waals surface area contributed by atoms with Gasteiger partial charge in [-0.2, -0.15) is 13.2 Å². The molecule has 0 saturated heterocycles. The molecular weight excluding hydrogens is 335 g/mol. The van der Waals surface area contributed by atoms with Gasteiger partial charge in [0, 0.05) is 17.7 Å². The van der Waals surface area contributed by atoms with Crippen molar-refractivity contribution in [1.29, 1.82) is 0 Å². The highest BCUT2D eigenvalue weighted by atomic mass is 19.4. The number of aromatic nitrogens is 4. The van der Waals surface area contributed by atoms with E-state index in [1.54, 1.807) is 13.0 Å². The average Bonchev–Trinajstić information content (AvgIpc) is 3.04. The lowest BCUT2D eigenvalue weighted by Gasteiger charge is -2.09. The maximum Gasteiger partial charge on any atom is 0.416 e. The Bertz CT molecular complexity index is 939. The third-order valence-electron chi connectivity index (χ3n) is 3.52. The molecule has 1 amide bonds. The van der Waals surface area contributed by atoms with Crippen molar-refractivity contribution in [1.82, 2.24) is 25.1 Å². The van der Waals surface area contributed by atoms with Crippen molar-refractivity contribution in [2.45, 2.75) is 33.0 Å². The first-order valence-electron chi connectivity index (χ1n) is 7.59. The zero-order valence-electron chi connectivity index (χ0n) is 13.8. The van der Waals surface area contributed by atoms with Gasteiger partial charge in [-0.05, 0) is 44.5 Å². The fourth-order valence-electron chi connectivity index (χ4n) is 2.50. The fraction of sp³-hybridized carbons (Fsp3) is 0.312. The summed E-state index contributed by atoms with van der Waals surface area (Å²) in [5.41, 5.74) is 0.550. The van der Waals surface area contributed by atoms with Crippen LogP contribution in [0.2, 0.25) is 0 Å². The number of benzene rings is 1. The second-order valence-electron chi connectivity index (χ2n) is 6.10. The quantitative estimate of drug-likeness (QED) is 0.761. The van der Waals surface area contributed by atoms with E-state index in [1.165, 1.54) is 10.6 Å². The van der Waals surface area contributed by atoms with Crippen LogP contribution in [-0.2, 0) is 6.18 Å². The van der Waals surface area contributed by atoms with Gasteiger partial charge < -0.3 is 5.32 Å². The lowest BCUT2D eigenvalue weighted by Crippen LogP contribution is -2.30. The van der Waals surface area contributed by atoms with Crippen LogP contribution in [0.15, 0.2) is 24.3 Å². The molecule has 0 atom stereocenters. The lowest BCUT2D eigenvalue weighted by molar-refractivity contribution is -0.137. The predicted octanol–water partition coefficient (Wildman–Crippen LogP) is 3.19. The van der Waals surface area contributed by atoms with Crippen molar-refractivity contribution < 1.29 is 18.0 Å². The molecule has 0 fully saturated rings. The minimum absolute atomic E-state index is 0.0492. The monoisotopic (exact) mass is 351 g/mol. The van der Waals surface area contributed by atoms with Gasteiger partial charge in [-0.15, -0.1) is 10.2 Å². The molecule has 2 N–H and O–H groups in total. The number of aromatic amines is 1. The van der Waals surface area contributed by atoms with E-state index in [-0.39, 0.29) is 29.0 Å². The molecule has 0 unspecified atom stereocenters. The highest BCUT2D eigenvalue weighted by molar-refractivity contribution is 5.93. The van der Waals surface area contributed by atoms with E-state index in [1.807, 2.05) is 13.8 Å². The second kappa shape index (κ2) is 5.91. The number of amides is 1. The molecule has 9 heteroatoms. The van der Waals surface area contributed by atoms with Crippen LogP contribution in [0.4, 0.5) is 13.2 Å². The van der Waals surface area contributed by atoms with Gasteiger partial charge in [0.1, 0.15) is 5.69 Å². The summed E-state index contributed by atoms with van der Waals surface area (Å²) in [6, 6.07) is 5.11. The topological polar surface area (TPSA) is 75.1 Å². The van der Waals surface area contributed by atoms with Crippen LogP contribution >= 0.6 is 0 Å². The number of nitrogens with one attached hydrogen (secondary N) is 2. The van der Waals surface area contributed by atoms with Crippen LogP contribution in [0, 0.1) is 6.92 Å². The molecule has 0 aliphatic heterocycles. The Balaban J connectivity index is 2.06. The van der Waals surface area contributed by atoms with Crippen LogP contribution in [0.3, 0.4) is 0 Å². The maximum atomic E-state index is 13.0. The molecule has 3 aromatic rings. The summed E-state index contributed by atoms with van der Waals surface area (Å²) in [6.45, 7) is 5.22. The van der Waals surface area contributed by atoms with Gasteiger partial charge >= 0.3 is 6.18 Å². The van der Waals surface area contributed by atoms with Crippen molar-refractivity contribution in [3.63, 3.8) is 0 Å². The number of hydrogen-bond donors (Lipinski definition) is 2. The second-order valence-corrected chi connectivity index (χ2v) is 6.10. The summed E-state index contributed by atoms with van der Waals surface area (Å²) < 4.78 is 40.5. The third kappa shape index (κ3) is 3.35. The van der Waals surface area contributed by atoms with Crippen LogP contribution in [0.1, 0.15) is 35.5 Å². The number of nitrogens with zero attached hydrogens (tertiary/aromatic N) is 3. The zero-order valence-corrected chi connectivity index (χ0v) is 13.8. The first kappa shape index (κ1) is 17.0. The van der Waals surface area contributed by atoms with E-state index in [9.17, 15) is 18.0 Å². The van der Waals surface area contributed by atoms with Gasteiger partial charge in [-0.25, -0.2) is 4.52 Å². The number of alkyl halides is 3. The van der Waals surface area contributed by atoms with Gasteiger partial charge in [0.2, 0.25) is 0 Å². The van der Waals surface area contributed by atoms with Crippen molar-refractivity contribution in [3.05, 3.63) is 41.1 Å². The van der Waals surface area contributed by atoms with E-state index < -0.39 is 11.7 Å². The predicted molar refractivity (Wildman–Crippen MR) is 85.1 cm³/mol. The zero-order chi connectivity index (χ0) is 18.4. The van der Waals surface area contributed by atoms with Crippen LogP contribution in [-0.4, -0.2) is 31.8 Å². The summed E-state index contributed by atoms with van der Waals surface area (Å²) in [5.74, 6) is -0.125. The van der Waals surface area contributed by atoms with E-state index in [2.05, 4.69) is 20.6 Å². The van der Waals surface area contributed by atoms with Crippen molar-refractivity contribution in [2.75, 3.05) is 0 Å². The Hall–Kier alpha value is -2.84. The first-order valence-corrected chi connectivity index (χ1v) is 7.59. The minimum atomic E-state index is -4.46. The van der Waals surface area contributed by atoms with Gasteiger partial charge in [0.05, 0.1) is 5.56 Å². The summed E-state index contributed by atoms with van der Waals surface area (Å²) >= 11 is 0. The molecular formula is C16H16F3N5O. The van der Waals surface area contributed by atoms with Gasteiger partial charge in [0.15, 0.2) is 11.5 Å². The van der Waals surface area contributed by atoms with Crippen molar-refractivity contribution in [3.8, 4) is 11.4 Å². The first-order chi connectivity index (χ1) is 11.6. The fourth-order valence-corrected chi connectivity index (χ4v) is 2.50. The molecule has 3 rings (SSSR count). The van der Waals surface area contributed by atoms with Crippen LogP contribution in [0.25, 0.3) is 17.0 Å². The van der Waals surface area contributed by atoms with E-state index in [0.29, 0.717) is 11.2 Å². The Morgan fingerprint density at radius 3 is 2.56 bits per heavy atom. The Kier molecular flexibility index (Phi) is 4.02. The molecule has 0 spiro atoms. The number of halogens is 3. The standard InChI is InChI=1S/C16H16F3N5O/c1-8(2)20-15(25)12-7-13-21-22-14(24(13)23-12)10-4-9(3)5-11(6-10)16(17,18)19/h4-8,23H,1-3H3,(H,20,25). The van der Waals surface area contributed by atoms with E-state index >= 15 is 0 Å². The van der Waals surface area contributed by atoms with Crippen molar-refractivity contribution >= 4 is 11.6 Å². The Morgan fingerprint density at radius 2 is 1.92 bits per heavy atom. The average molecular weight is 351 g/mol. The van der Waals surface area contributed by atoms with Crippen molar-refractivity contribution in [2.24, 2.45) is 0 Å². The molecule has 0 aliphatic carbocycles. The lowest BCUT2D eigenvalue weighted by atomic mass is 10.1. The summed E-state index contributed by atoms with van der Waals surface area (Å²) in [4.78, 5) is 12.1. The summed E-state index contributed by atoms with van der Waals surface area (Å²) in [6.07, 6.45) is -4.46. The van der Waals surface area contributed by atoms with Gasteiger partial charge in [-0.1, -0.05) is 0 Å². The largest absolute Gasteiger partial charge is 0.416 e. The maximum absolute atomic E-state index is 13.0. The van der Waals surface area contributed by atoms with Crippen LogP contribution in [0.5, 0.6) is 0 Å². The normalized spacial score (nSPS) is 12.1. The summed E-state index contributed by atoms with van der Waals surface area (Å²) in [7, 11) is 0. The van der Waals surface area contributed by atoms with Gasteiger partial charge in [-0.3, -0.25) is 9.89 Å². The highest BCUT2D eigenvalue weighted by Gasteiger charge is 2.31. The molecule has 0 saturated carbocycles. The number of fused-ring (bicyclic) bond motifs is 1. The third-order valence-corrected chi connectivity index (χ3v) is 3.52. The molecule has 2 aromatic heterocycles. The van der Waals surface area contributed by atoms with E-state index in [0.717, 1.165) is 12.1 Å². The number of carbonyl (C=O) groups excluding carboxylic acids is 1. The number of aryl methyl sites for hydroxylation is 1. The van der Waals surface area contributed by atoms with E-state index in [4.69, 9.17) is 0 Å². The molecule has 2 heterocycles. The number of rotatable bonds is 3. The molecule has 0 bridgehead atoms. The minimum Gasteiger partial charge on any atom is -0.349 e. The number of carbonyl (C=O) groups is 1. The SMILES string of the molecule is Cc1cc(-c2nnc3cc(C(=O)NC(C)C)[nH]n23)cc(C(F)(F)F)c1. The smallest absolute Gasteiger partial charge is 0.349 e.